The average molecular weight is 514 g/mol. The highest BCUT2D eigenvalue weighted by Crippen LogP contribution is 2.39. The third-order valence-electron chi connectivity index (χ3n) is 6.52. The molecule has 0 aliphatic heterocycles. The van der Waals surface area contributed by atoms with Gasteiger partial charge in [0.25, 0.3) is 0 Å². The number of halogens is 1. The van der Waals surface area contributed by atoms with Crippen LogP contribution in [-0.4, -0.2) is 28.2 Å². The first-order valence-electron chi connectivity index (χ1n) is 11.8. The summed E-state index contributed by atoms with van der Waals surface area (Å²) < 4.78 is 21.0. The number of rotatable bonds is 7. The molecule has 192 valence electrons. The van der Waals surface area contributed by atoms with Crippen molar-refractivity contribution in [2.45, 2.75) is 13.5 Å². The molecular formula is C29H24FN3O5. The second kappa shape index (κ2) is 10.1. The number of aliphatic carboxylic acids is 1. The molecule has 8 nitrogen and oxygen atoms in total. The van der Waals surface area contributed by atoms with Crippen molar-refractivity contribution < 1.29 is 29.0 Å². The molecule has 0 aliphatic rings. The number of nitrogen functional groups attached to an aromatic ring is 1. The van der Waals surface area contributed by atoms with Gasteiger partial charge < -0.3 is 19.6 Å². The molecule has 0 spiro atoms. The lowest BCUT2D eigenvalue weighted by Crippen LogP contribution is -3.15. The van der Waals surface area contributed by atoms with E-state index in [4.69, 9.17) is 10.6 Å². The van der Waals surface area contributed by atoms with E-state index in [1.54, 1.807) is 25.1 Å². The standard InChI is InChI=1S/C29H24FN3O5/c1-17-26(29(36)33(31)37)27-24(38-16-25(34)35)14-21-6-2-3-8-23(21)28(27)32(17)15-18-5-4-7-20(13-18)19-9-11-22(30)12-10-19/h2-14,33H,15-16,31H2,1H3,(H,34,35). The van der Waals surface area contributed by atoms with E-state index in [0.717, 1.165) is 27.5 Å². The Balaban J connectivity index is 1.74. The number of hydrogen-bond donors (Lipinski definition) is 3. The molecule has 0 saturated carbocycles. The number of hydroxylamine groups is 1. The van der Waals surface area contributed by atoms with E-state index in [0.29, 0.717) is 23.1 Å². The third kappa shape index (κ3) is 4.61. The SMILES string of the molecule is Cc1c(C(=O)[NH+](N)[O-])c2c(OCC(=O)O)cc3ccccc3c2n1Cc1cccc(-c2ccc(F)cc2)c1. The van der Waals surface area contributed by atoms with E-state index in [1.165, 1.54) is 12.1 Å². The number of carbonyl (C=O) groups excluding carboxylic acids is 1. The van der Waals surface area contributed by atoms with Gasteiger partial charge in [0.15, 0.2) is 6.61 Å². The number of carbonyl (C=O) groups is 2. The Kier molecular flexibility index (Phi) is 6.64. The molecule has 5 rings (SSSR count). The van der Waals surface area contributed by atoms with E-state index in [2.05, 4.69) is 0 Å². The summed E-state index contributed by atoms with van der Waals surface area (Å²) >= 11 is 0. The van der Waals surface area contributed by atoms with Gasteiger partial charge in [0.05, 0.1) is 10.9 Å². The molecular weight excluding hydrogens is 489 g/mol. The van der Waals surface area contributed by atoms with Crippen LogP contribution in [0.1, 0.15) is 21.6 Å². The number of fused-ring (bicyclic) bond motifs is 3. The summed E-state index contributed by atoms with van der Waals surface area (Å²) in [5.74, 6) is 3.20. The summed E-state index contributed by atoms with van der Waals surface area (Å²) in [6.45, 7) is 1.42. The van der Waals surface area contributed by atoms with Crippen LogP contribution in [0.15, 0.2) is 78.9 Å². The summed E-state index contributed by atoms with van der Waals surface area (Å²) in [5, 5.41) is 22.0. The van der Waals surface area contributed by atoms with Crippen LogP contribution >= 0.6 is 0 Å². The van der Waals surface area contributed by atoms with Gasteiger partial charge >= 0.3 is 11.9 Å². The molecule has 38 heavy (non-hydrogen) atoms. The van der Waals surface area contributed by atoms with Gasteiger partial charge in [0.2, 0.25) is 0 Å². The number of nitrogens with one attached hydrogen (secondary N) is 1. The summed E-state index contributed by atoms with van der Waals surface area (Å²) in [7, 11) is 0. The van der Waals surface area contributed by atoms with Gasteiger partial charge in [-0.2, -0.15) is 5.84 Å². The van der Waals surface area contributed by atoms with Crippen molar-refractivity contribution in [3.8, 4) is 16.9 Å². The predicted molar refractivity (Wildman–Crippen MR) is 141 cm³/mol. The Hall–Kier alpha value is -4.57. The number of nitrogens with zero attached hydrogens (tertiary/aromatic N) is 1. The van der Waals surface area contributed by atoms with Crippen molar-refractivity contribution >= 4 is 33.6 Å². The first-order chi connectivity index (χ1) is 18.2. The summed E-state index contributed by atoms with van der Waals surface area (Å²) in [4.78, 5) is 24.3. The summed E-state index contributed by atoms with van der Waals surface area (Å²) in [6, 6.07) is 23.0. The summed E-state index contributed by atoms with van der Waals surface area (Å²) in [6.07, 6.45) is 0. The number of benzene rings is 4. The molecule has 1 heterocycles. The Morgan fingerprint density at radius 3 is 2.47 bits per heavy atom. The fourth-order valence-corrected chi connectivity index (χ4v) is 4.83. The largest absolute Gasteiger partial charge is 0.606 e. The lowest BCUT2D eigenvalue weighted by molar-refractivity contribution is -0.770. The van der Waals surface area contributed by atoms with Crippen molar-refractivity contribution in [2.24, 2.45) is 5.84 Å². The zero-order chi connectivity index (χ0) is 27.0. The topological polar surface area (TPSA) is 122 Å². The minimum absolute atomic E-state index is 0.0772. The first kappa shape index (κ1) is 25.1. The normalized spacial score (nSPS) is 12.1. The molecule has 1 atom stereocenters. The predicted octanol–water partition coefficient (Wildman–Crippen LogP) is 3.82. The van der Waals surface area contributed by atoms with Crippen LogP contribution in [0.4, 0.5) is 4.39 Å². The second-order valence-corrected chi connectivity index (χ2v) is 8.95. The molecule has 1 amide bonds. The number of quaternary nitrogens is 1. The third-order valence-corrected chi connectivity index (χ3v) is 6.52. The average Bonchev–Trinajstić information content (AvgIpc) is 3.19. The van der Waals surface area contributed by atoms with E-state index in [1.807, 2.05) is 53.1 Å². The Morgan fingerprint density at radius 1 is 1.03 bits per heavy atom. The van der Waals surface area contributed by atoms with E-state index in [-0.39, 0.29) is 17.1 Å². The quantitative estimate of drug-likeness (QED) is 0.173. The van der Waals surface area contributed by atoms with E-state index in [9.17, 15) is 24.3 Å². The van der Waals surface area contributed by atoms with Crippen LogP contribution in [0, 0.1) is 17.9 Å². The van der Waals surface area contributed by atoms with Gasteiger partial charge in [-0.3, -0.25) is 0 Å². The van der Waals surface area contributed by atoms with Crippen LogP contribution in [0.25, 0.3) is 32.8 Å². The van der Waals surface area contributed by atoms with Crippen molar-refractivity contribution in [3.05, 3.63) is 107 Å². The maximum Gasteiger partial charge on any atom is 0.365 e. The minimum Gasteiger partial charge on any atom is -0.606 e. The lowest BCUT2D eigenvalue weighted by Gasteiger charge is -2.13. The maximum absolute atomic E-state index is 13.4. The van der Waals surface area contributed by atoms with Crippen molar-refractivity contribution in [1.29, 1.82) is 0 Å². The van der Waals surface area contributed by atoms with Crippen LogP contribution in [0.2, 0.25) is 0 Å². The zero-order valence-electron chi connectivity index (χ0n) is 20.4. The molecule has 0 aliphatic carbocycles. The number of carboxylic acids is 1. The van der Waals surface area contributed by atoms with Gasteiger partial charge in [0, 0.05) is 17.6 Å². The van der Waals surface area contributed by atoms with E-state index >= 15 is 0 Å². The smallest absolute Gasteiger partial charge is 0.365 e. The van der Waals surface area contributed by atoms with Gasteiger partial charge in [-0.15, -0.1) is 0 Å². The highest BCUT2D eigenvalue weighted by atomic mass is 19.1. The Labute approximate surface area is 216 Å². The number of hydrogen-bond acceptors (Lipinski definition) is 5. The molecule has 0 fully saturated rings. The lowest BCUT2D eigenvalue weighted by atomic mass is 10.0. The Morgan fingerprint density at radius 2 is 1.76 bits per heavy atom. The number of aromatic nitrogens is 1. The molecule has 4 N–H and O–H groups in total. The highest BCUT2D eigenvalue weighted by Gasteiger charge is 2.28. The maximum atomic E-state index is 13.4. The molecule has 0 saturated heterocycles. The molecule has 0 bridgehead atoms. The van der Waals surface area contributed by atoms with Gasteiger partial charge in [-0.1, -0.05) is 54.6 Å². The molecule has 9 heteroatoms. The second-order valence-electron chi connectivity index (χ2n) is 8.95. The van der Waals surface area contributed by atoms with Crippen LogP contribution in [0.3, 0.4) is 0 Å². The van der Waals surface area contributed by atoms with Crippen LogP contribution < -0.4 is 15.8 Å². The number of ether oxygens (including phenoxy) is 1. The highest BCUT2D eigenvalue weighted by molar-refractivity contribution is 6.17. The molecule has 1 unspecified atom stereocenters. The number of carboxylic acid groups (broad SMARTS) is 1. The molecule has 0 radical (unpaired) electrons. The first-order valence-corrected chi connectivity index (χ1v) is 11.8. The minimum atomic E-state index is -1.18. The Bertz CT molecular complexity index is 1690. The number of nitrogens with two attached hydrogens (primary N) is 1. The van der Waals surface area contributed by atoms with Gasteiger partial charge in [-0.25, -0.2) is 19.2 Å². The van der Waals surface area contributed by atoms with Crippen molar-refractivity contribution in [1.82, 2.24) is 4.57 Å². The fourth-order valence-electron chi connectivity index (χ4n) is 4.83. The van der Waals surface area contributed by atoms with Crippen LogP contribution in [-0.2, 0) is 11.3 Å². The monoisotopic (exact) mass is 513 g/mol. The fraction of sp³-hybridized carbons (Fsp3) is 0.103. The molecule has 4 aromatic carbocycles. The van der Waals surface area contributed by atoms with Crippen LogP contribution in [0.5, 0.6) is 5.75 Å². The zero-order valence-corrected chi connectivity index (χ0v) is 20.4. The number of amides is 1. The van der Waals surface area contributed by atoms with Gasteiger partial charge in [-0.05, 0) is 53.3 Å². The summed E-state index contributed by atoms with van der Waals surface area (Å²) in [5.41, 5.74) is 3.83. The molecule has 1 aromatic heterocycles. The van der Waals surface area contributed by atoms with Crippen molar-refractivity contribution in [2.75, 3.05) is 6.61 Å². The van der Waals surface area contributed by atoms with Gasteiger partial charge in [0.1, 0.15) is 17.1 Å². The van der Waals surface area contributed by atoms with E-state index < -0.39 is 23.7 Å². The van der Waals surface area contributed by atoms with Crippen molar-refractivity contribution in [3.63, 3.8) is 0 Å². The molecule has 5 aromatic rings.